The standard InChI is InChI=1S/C27H32N6/c1-19-27(22-8-3-4-9-23(22)28-19)21-12-16-31(17-13-21)14-7-15-32-18-26-30-29-20(2)33(26)25-11-6-5-10-24(25)32/h3-6,8-11,21,28H,7,12-18H2,1-2H3. The number of rotatable bonds is 5. The van der Waals surface area contributed by atoms with Crippen LogP contribution in [0.5, 0.6) is 0 Å². The SMILES string of the molecule is Cc1[nH]c2ccccc2c1C1CCN(CCCN2Cc3nnc(C)n3-c3ccccc32)CC1. The fourth-order valence-electron chi connectivity index (χ4n) is 5.95. The first-order valence-corrected chi connectivity index (χ1v) is 12.2. The number of anilines is 1. The Hall–Kier alpha value is -3.12. The van der Waals surface area contributed by atoms with Crippen molar-refractivity contribution in [3.63, 3.8) is 0 Å². The van der Waals surface area contributed by atoms with Crippen molar-refractivity contribution in [2.24, 2.45) is 0 Å². The molecule has 6 rings (SSSR count). The first kappa shape index (κ1) is 20.5. The third kappa shape index (κ3) is 3.62. The molecule has 0 amide bonds. The summed E-state index contributed by atoms with van der Waals surface area (Å²) in [5.41, 5.74) is 6.67. The molecule has 0 unspecified atom stereocenters. The number of aromatic nitrogens is 4. The lowest BCUT2D eigenvalue weighted by Gasteiger charge is -2.34. The highest BCUT2D eigenvalue weighted by Crippen LogP contribution is 2.36. The molecular weight excluding hydrogens is 408 g/mol. The van der Waals surface area contributed by atoms with Gasteiger partial charge in [-0.15, -0.1) is 10.2 Å². The number of aryl methyl sites for hydroxylation is 2. The van der Waals surface area contributed by atoms with Crippen molar-refractivity contribution in [3.05, 3.63) is 71.4 Å². The number of nitrogens with one attached hydrogen (secondary N) is 1. The third-order valence-electron chi connectivity index (χ3n) is 7.53. The van der Waals surface area contributed by atoms with E-state index in [1.54, 1.807) is 5.56 Å². The van der Waals surface area contributed by atoms with Crippen LogP contribution in [0.1, 0.15) is 48.1 Å². The molecule has 170 valence electrons. The lowest BCUT2D eigenvalue weighted by molar-refractivity contribution is 0.211. The zero-order valence-electron chi connectivity index (χ0n) is 19.6. The van der Waals surface area contributed by atoms with E-state index in [9.17, 15) is 0 Å². The van der Waals surface area contributed by atoms with Crippen molar-refractivity contribution in [3.8, 4) is 5.69 Å². The highest BCUT2D eigenvalue weighted by atomic mass is 15.3. The van der Waals surface area contributed by atoms with Gasteiger partial charge in [0.25, 0.3) is 0 Å². The number of H-pyrrole nitrogens is 1. The van der Waals surface area contributed by atoms with Crippen molar-refractivity contribution in [2.75, 3.05) is 31.1 Å². The van der Waals surface area contributed by atoms with Crippen molar-refractivity contribution in [1.82, 2.24) is 24.6 Å². The summed E-state index contributed by atoms with van der Waals surface area (Å²) in [7, 11) is 0. The van der Waals surface area contributed by atoms with Gasteiger partial charge in [-0.25, -0.2) is 0 Å². The molecule has 0 bridgehead atoms. The molecule has 1 fully saturated rings. The number of benzene rings is 2. The maximum Gasteiger partial charge on any atom is 0.157 e. The summed E-state index contributed by atoms with van der Waals surface area (Å²) in [4.78, 5) is 8.72. The molecule has 0 spiro atoms. The van der Waals surface area contributed by atoms with Crippen LogP contribution in [0.3, 0.4) is 0 Å². The second-order valence-corrected chi connectivity index (χ2v) is 9.59. The van der Waals surface area contributed by atoms with E-state index in [4.69, 9.17) is 0 Å². The van der Waals surface area contributed by atoms with Gasteiger partial charge < -0.3 is 14.8 Å². The van der Waals surface area contributed by atoms with Gasteiger partial charge in [0.15, 0.2) is 5.82 Å². The Labute approximate surface area is 195 Å². The first-order valence-electron chi connectivity index (χ1n) is 12.2. The normalized spacial score (nSPS) is 16.8. The van der Waals surface area contributed by atoms with E-state index in [1.165, 1.54) is 53.9 Å². The third-order valence-corrected chi connectivity index (χ3v) is 7.53. The lowest BCUT2D eigenvalue weighted by atomic mass is 9.87. The minimum atomic E-state index is 0.668. The molecule has 33 heavy (non-hydrogen) atoms. The monoisotopic (exact) mass is 440 g/mol. The summed E-state index contributed by atoms with van der Waals surface area (Å²) in [6.45, 7) is 9.68. The van der Waals surface area contributed by atoms with E-state index in [0.29, 0.717) is 5.92 Å². The number of piperidine rings is 1. The molecular formula is C27H32N6. The van der Waals surface area contributed by atoms with Crippen molar-refractivity contribution >= 4 is 16.6 Å². The predicted octanol–water partition coefficient (Wildman–Crippen LogP) is 4.96. The molecule has 4 aromatic rings. The van der Waals surface area contributed by atoms with Crippen LogP contribution >= 0.6 is 0 Å². The van der Waals surface area contributed by atoms with Crippen molar-refractivity contribution in [1.29, 1.82) is 0 Å². The number of fused-ring (bicyclic) bond motifs is 4. The van der Waals surface area contributed by atoms with E-state index >= 15 is 0 Å². The minimum Gasteiger partial charge on any atom is -0.362 e. The highest BCUT2D eigenvalue weighted by molar-refractivity contribution is 5.85. The minimum absolute atomic E-state index is 0.668. The van der Waals surface area contributed by atoms with Gasteiger partial charge in [-0.1, -0.05) is 30.3 Å². The topological polar surface area (TPSA) is 53.0 Å². The molecule has 2 aromatic carbocycles. The van der Waals surface area contributed by atoms with Gasteiger partial charge in [0.05, 0.1) is 17.9 Å². The average molecular weight is 441 g/mol. The second kappa shape index (κ2) is 8.34. The summed E-state index contributed by atoms with van der Waals surface area (Å²) in [5, 5.41) is 10.2. The zero-order valence-corrected chi connectivity index (χ0v) is 19.6. The summed E-state index contributed by atoms with van der Waals surface area (Å²) in [6, 6.07) is 17.4. The summed E-state index contributed by atoms with van der Waals surface area (Å²) in [5.74, 6) is 2.67. The van der Waals surface area contributed by atoms with E-state index in [2.05, 4.69) is 85.0 Å². The molecule has 6 heteroatoms. The number of para-hydroxylation sites is 3. The molecule has 0 radical (unpaired) electrons. The molecule has 6 nitrogen and oxygen atoms in total. The lowest BCUT2D eigenvalue weighted by Crippen LogP contribution is -2.36. The van der Waals surface area contributed by atoms with Crippen LogP contribution in [0.25, 0.3) is 16.6 Å². The quantitative estimate of drug-likeness (QED) is 0.477. The van der Waals surface area contributed by atoms with Crippen LogP contribution in [-0.2, 0) is 6.54 Å². The number of hydrogen-bond acceptors (Lipinski definition) is 4. The van der Waals surface area contributed by atoms with E-state index in [1.807, 2.05) is 6.92 Å². The molecule has 1 saturated heterocycles. The Balaban J connectivity index is 1.07. The fraction of sp³-hybridized carbons (Fsp3) is 0.407. The number of likely N-dealkylation sites (tertiary alicyclic amines) is 1. The average Bonchev–Trinajstić information content (AvgIpc) is 3.38. The molecule has 0 atom stereocenters. The number of hydrogen-bond donors (Lipinski definition) is 1. The van der Waals surface area contributed by atoms with Crippen molar-refractivity contribution in [2.45, 2.75) is 45.6 Å². The van der Waals surface area contributed by atoms with Gasteiger partial charge >= 0.3 is 0 Å². The Morgan fingerprint density at radius 3 is 2.52 bits per heavy atom. The molecule has 4 heterocycles. The zero-order chi connectivity index (χ0) is 22.4. The maximum atomic E-state index is 4.42. The Kier molecular flexibility index (Phi) is 5.18. The predicted molar refractivity (Wildman–Crippen MR) is 133 cm³/mol. The van der Waals surface area contributed by atoms with Gasteiger partial charge in [0.1, 0.15) is 5.82 Å². The van der Waals surface area contributed by atoms with Gasteiger partial charge in [-0.2, -0.15) is 0 Å². The Bertz CT molecular complexity index is 1280. The van der Waals surface area contributed by atoms with Crippen molar-refractivity contribution < 1.29 is 0 Å². The maximum absolute atomic E-state index is 4.42. The van der Waals surface area contributed by atoms with Gasteiger partial charge in [-0.3, -0.25) is 4.57 Å². The van der Waals surface area contributed by atoms with Crippen LogP contribution in [-0.4, -0.2) is 50.8 Å². The smallest absolute Gasteiger partial charge is 0.157 e. The van der Waals surface area contributed by atoms with E-state index in [0.717, 1.165) is 37.7 Å². The van der Waals surface area contributed by atoms with Gasteiger partial charge in [-0.05, 0) is 82.4 Å². The molecule has 2 aliphatic heterocycles. The van der Waals surface area contributed by atoms with Crippen LogP contribution in [0, 0.1) is 13.8 Å². The largest absolute Gasteiger partial charge is 0.362 e. The van der Waals surface area contributed by atoms with Gasteiger partial charge in [0.2, 0.25) is 0 Å². The van der Waals surface area contributed by atoms with Crippen LogP contribution < -0.4 is 4.90 Å². The van der Waals surface area contributed by atoms with Crippen LogP contribution in [0.4, 0.5) is 5.69 Å². The molecule has 2 aliphatic rings. The first-order chi connectivity index (χ1) is 16.2. The molecule has 2 aromatic heterocycles. The summed E-state index contributed by atoms with van der Waals surface area (Å²) >= 11 is 0. The number of aromatic amines is 1. The number of nitrogens with zero attached hydrogens (tertiary/aromatic N) is 5. The Morgan fingerprint density at radius 2 is 1.67 bits per heavy atom. The van der Waals surface area contributed by atoms with Crippen LogP contribution in [0.15, 0.2) is 48.5 Å². The van der Waals surface area contributed by atoms with Crippen LogP contribution in [0.2, 0.25) is 0 Å². The van der Waals surface area contributed by atoms with E-state index < -0.39 is 0 Å². The van der Waals surface area contributed by atoms with E-state index in [-0.39, 0.29) is 0 Å². The highest BCUT2D eigenvalue weighted by Gasteiger charge is 2.26. The molecule has 0 saturated carbocycles. The summed E-state index contributed by atoms with van der Waals surface area (Å²) in [6.07, 6.45) is 3.66. The summed E-state index contributed by atoms with van der Waals surface area (Å²) < 4.78 is 2.20. The molecule has 1 N–H and O–H groups in total. The Morgan fingerprint density at radius 1 is 0.909 bits per heavy atom. The van der Waals surface area contributed by atoms with Gasteiger partial charge in [0, 0.05) is 23.1 Å². The molecule has 0 aliphatic carbocycles. The fourth-order valence-corrected chi connectivity index (χ4v) is 5.95. The second-order valence-electron chi connectivity index (χ2n) is 9.59.